The number of carbonyl (C=O) groups excluding carboxylic acids is 2. The highest BCUT2D eigenvalue weighted by molar-refractivity contribution is 7.89. The normalized spacial score (nSPS) is 22.0. The lowest BCUT2D eigenvalue weighted by atomic mass is 10.1. The number of piperidine rings is 1. The molecular weight excluding hydrogens is 402 g/mol. The maximum atomic E-state index is 13.0. The van der Waals surface area contributed by atoms with Crippen LogP contribution in [0.2, 0.25) is 0 Å². The van der Waals surface area contributed by atoms with Gasteiger partial charge in [0.1, 0.15) is 9.77 Å². The van der Waals surface area contributed by atoms with Crippen LogP contribution in [0.15, 0.2) is 16.3 Å². The molecule has 11 heteroatoms. The Morgan fingerprint density at radius 2 is 2.15 bits per heavy atom. The van der Waals surface area contributed by atoms with E-state index in [1.807, 2.05) is 0 Å². The van der Waals surface area contributed by atoms with Crippen molar-refractivity contribution in [2.24, 2.45) is 0 Å². The van der Waals surface area contributed by atoms with Crippen LogP contribution >= 0.6 is 23.7 Å². The van der Waals surface area contributed by atoms with Crippen molar-refractivity contribution in [2.45, 2.75) is 23.8 Å². The first-order valence-corrected chi connectivity index (χ1v) is 10.4. The second kappa shape index (κ2) is 8.66. The molecule has 2 aliphatic heterocycles. The van der Waals surface area contributed by atoms with Gasteiger partial charge in [0.2, 0.25) is 15.9 Å². The van der Waals surface area contributed by atoms with E-state index in [0.717, 1.165) is 17.8 Å². The Kier molecular flexibility index (Phi) is 7.03. The van der Waals surface area contributed by atoms with Crippen LogP contribution in [0, 0.1) is 0 Å². The number of ether oxygens (including phenoxy) is 1. The molecule has 3 rings (SSSR count). The number of nitrogens with one attached hydrogen (secondary N) is 1. The third-order valence-electron chi connectivity index (χ3n) is 4.54. The summed E-state index contributed by atoms with van der Waals surface area (Å²) in [5, 5.41) is 4.59. The Morgan fingerprint density at radius 1 is 1.38 bits per heavy atom. The molecular formula is C15H22ClN3O5S2. The van der Waals surface area contributed by atoms with Gasteiger partial charge in [0.25, 0.3) is 0 Å². The lowest BCUT2D eigenvalue weighted by Crippen LogP contribution is -2.57. The van der Waals surface area contributed by atoms with Gasteiger partial charge in [-0.2, -0.15) is 4.31 Å². The van der Waals surface area contributed by atoms with Crippen molar-refractivity contribution in [3.63, 3.8) is 0 Å². The van der Waals surface area contributed by atoms with E-state index in [4.69, 9.17) is 0 Å². The van der Waals surface area contributed by atoms with Crippen LogP contribution in [-0.4, -0.2) is 75.4 Å². The van der Waals surface area contributed by atoms with Crippen molar-refractivity contribution >= 4 is 45.6 Å². The van der Waals surface area contributed by atoms with E-state index in [0.29, 0.717) is 32.6 Å². The van der Waals surface area contributed by atoms with Crippen LogP contribution < -0.4 is 5.32 Å². The number of halogens is 1. The lowest BCUT2D eigenvalue weighted by Gasteiger charge is -2.40. The van der Waals surface area contributed by atoms with Gasteiger partial charge in [0, 0.05) is 32.2 Å². The fraction of sp³-hybridized carbons (Fsp3) is 0.600. The molecule has 0 radical (unpaired) electrons. The minimum Gasteiger partial charge on any atom is -0.465 e. The molecule has 0 aromatic carbocycles. The number of nitrogens with zero attached hydrogens (tertiary/aromatic N) is 2. The zero-order chi connectivity index (χ0) is 18.0. The number of methoxy groups -OCH3 is 1. The van der Waals surface area contributed by atoms with Crippen LogP contribution in [0.1, 0.15) is 22.5 Å². The third-order valence-corrected chi connectivity index (χ3v) is 7.47. The maximum Gasteiger partial charge on any atom is 0.349 e. The minimum absolute atomic E-state index is 0. The van der Waals surface area contributed by atoms with Crippen LogP contribution in [0.3, 0.4) is 0 Å². The van der Waals surface area contributed by atoms with Gasteiger partial charge in [0.05, 0.1) is 13.7 Å². The Hall–Kier alpha value is -1.20. The van der Waals surface area contributed by atoms with E-state index in [1.165, 1.54) is 17.5 Å². The molecule has 0 spiro atoms. The van der Waals surface area contributed by atoms with Crippen molar-refractivity contribution in [1.82, 2.24) is 14.5 Å². The molecule has 1 amide bonds. The van der Waals surface area contributed by atoms with Crippen LogP contribution in [0.25, 0.3) is 0 Å². The zero-order valence-electron chi connectivity index (χ0n) is 14.3. The van der Waals surface area contributed by atoms with Gasteiger partial charge in [-0.25, -0.2) is 13.2 Å². The Morgan fingerprint density at radius 3 is 2.85 bits per heavy atom. The molecule has 0 bridgehead atoms. The molecule has 1 unspecified atom stereocenters. The topological polar surface area (TPSA) is 96.0 Å². The molecule has 3 heterocycles. The number of esters is 1. The number of sulfonamides is 1. The molecule has 2 aliphatic rings. The molecule has 8 nitrogen and oxygen atoms in total. The molecule has 26 heavy (non-hydrogen) atoms. The first-order chi connectivity index (χ1) is 11.9. The molecule has 146 valence electrons. The Labute approximate surface area is 162 Å². The summed E-state index contributed by atoms with van der Waals surface area (Å²) in [6, 6.07) is 1.31. The van der Waals surface area contributed by atoms with Gasteiger partial charge in [0.15, 0.2) is 0 Å². The quantitative estimate of drug-likeness (QED) is 0.710. The van der Waals surface area contributed by atoms with Crippen molar-refractivity contribution < 1.29 is 22.7 Å². The SMILES string of the molecule is COC(=O)c1sccc1S(=O)(=O)N1CCCC(N2CCNCC2=O)C1.Cl. The van der Waals surface area contributed by atoms with E-state index >= 15 is 0 Å². The minimum atomic E-state index is -3.80. The molecule has 2 fully saturated rings. The van der Waals surface area contributed by atoms with Gasteiger partial charge in [-0.05, 0) is 24.3 Å². The standard InChI is InChI=1S/C15H21N3O5S2.ClH/c1-23-15(20)14-12(4-8-24-14)25(21,22)17-6-2-3-11(10-17)18-7-5-16-9-13(18)19;/h4,8,11,16H,2-3,5-7,9-10H2,1H3;1H. The van der Waals surface area contributed by atoms with Gasteiger partial charge in [-0.1, -0.05) is 0 Å². The summed E-state index contributed by atoms with van der Waals surface area (Å²) in [7, 11) is -2.58. The van der Waals surface area contributed by atoms with Crippen LogP contribution in [0.4, 0.5) is 0 Å². The summed E-state index contributed by atoms with van der Waals surface area (Å²) in [5.74, 6) is -0.652. The summed E-state index contributed by atoms with van der Waals surface area (Å²) in [6.07, 6.45) is 1.46. The average Bonchev–Trinajstić information content (AvgIpc) is 3.12. The van der Waals surface area contributed by atoms with E-state index in [-0.39, 0.29) is 40.7 Å². The molecule has 2 saturated heterocycles. The number of thiophene rings is 1. The molecule has 0 saturated carbocycles. The van der Waals surface area contributed by atoms with Gasteiger partial charge < -0.3 is 15.0 Å². The van der Waals surface area contributed by atoms with Crippen LogP contribution in [-0.2, 0) is 19.6 Å². The first kappa shape index (κ1) is 21.1. The fourth-order valence-electron chi connectivity index (χ4n) is 3.28. The van der Waals surface area contributed by atoms with E-state index in [1.54, 1.807) is 10.3 Å². The highest BCUT2D eigenvalue weighted by atomic mass is 35.5. The average molecular weight is 424 g/mol. The Balaban J connectivity index is 0.00000243. The number of amides is 1. The number of rotatable bonds is 4. The maximum absolute atomic E-state index is 13.0. The van der Waals surface area contributed by atoms with Crippen molar-refractivity contribution in [1.29, 1.82) is 0 Å². The summed E-state index contributed by atoms with van der Waals surface area (Å²) < 4.78 is 32.1. The second-order valence-corrected chi connectivity index (χ2v) is 8.85. The lowest BCUT2D eigenvalue weighted by molar-refractivity contribution is -0.135. The summed E-state index contributed by atoms with van der Waals surface area (Å²) >= 11 is 1.05. The summed E-state index contributed by atoms with van der Waals surface area (Å²) in [6.45, 7) is 2.23. The summed E-state index contributed by atoms with van der Waals surface area (Å²) in [4.78, 5) is 25.8. The zero-order valence-corrected chi connectivity index (χ0v) is 16.8. The van der Waals surface area contributed by atoms with Crippen molar-refractivity contribution in [2.75, 3.05) is 39.8 Å². The van der Waals surface area contributed by atoms with E-state index in [2.05, 4.69) is 10.1 Å². The van der Waals surface area contributed by atoms with Gasteiger partial charge in [-0.3, -0.25) is 4.79 Å². The molecule has 0 aliphatic carbocycles. The predicted molar refractivity (Wildman–Crippen MR) is 99.3 cm³/mol. The largest absolute Gasteiger partial charge is 0.465 e. The van der Waals surface area contributed by atoms with Crippen molar-refractivity contribution in [3.05, 3.63) is 16.3 Å². The monoisotopic (exact) mass is 423 g/mol. The number of hydrogen-bond donors (Lipinski definition) is 1. The first-order valence-electron chi connectivity index (χ1n) is 8.11. The van der Waals surface area contributed by atoms with Gasteiger partial charge in [-0.15, -0.1) is 23.7 Å². The fourth-order valence-corrected chi connectivity index (χ4v) is 6.11. The molecule has 1 aromatic heterocycles. The highest BCUT2D eigenvalue weighted by Gasteiger charge is 2.37. The number of piperazine rings is 1. The number of hydrogen-bond acceptors (Lipinski definition) is 7. The molecule has 1 atom stereocenters. The number of carbonyl (C=O) groups is 2. The second-order valence-electron chi connectivity index (χ2n) is 6.03. The van der Waals surface area contributed by atoms with Crippen molar-refractivity contribution in [3.8, 4) is 0 Å². The van der Waals surface area contributed by atoms with Gasteiger partial charge >= 0.3 is 5.97 Å². The smallest absolute Gasteiger partial charge is 0.349 e. The highest BCUT2D eigenvalue weighted by Crippen LogP contribution is 2.29. The van der Waals surface area contributed by atoms with E-state index < -0.39 is 16.0 Å². The third kappa shape index (κ3) is 4.04. The van der Waals surface area contributed by atoms with Crippen LogP contribution in [0.5, 0.6) is 0 Å². The Bertz CT molecular complexity index is 767. The molecule has 1 aromatic rings. The van der Waals surface area contributed by atoms with E-state index in [9.17, 15) is 18.0 Å². The summed E-state index contributed by atoms with van der Waals surface area (Å²) in [5.41, 5.74) is 0. The molecule has 1 N–H and O–H groups in total. The predicted octanol–water partition coefficient (Wildman–Crippen LogP) is 0.541.